The van der Waals surface area contributed by atoms with Crippen LogP contribution in [0.2, 0.25) is 0 Å². The van der Waals surface area contributed by atoms with E-state index in [2.05, 4.69) is 9.36 Å². The van der Waals surface area contributed by atoms with E-state index in [0.29, 0.717) is 10.8 Å². The van der Waals surface area contributed by atoms with E-state index in [1.54, 1.807) is 6.92 Å². The summed E-state index contributed by atoms with van der Waals surface area (Å²) in [5.41, 5.74) is 0. The number of aryl methyl sites for hydroxylation is 1. The highest BCUT2D eigenvalue weighted by molar-refractivity contribution is 7.05. The van der Waals surface area contributed by atoms with Crippen LogP contribution in [-0.2, 0) is 4.79 Å². The number of carboxylic acids is 1. The minimum atomic E-state index is -0.828. The number of hydrogen-bond acceptors (Lipinski definition) is 4. The predicted molar refractivity (Wildman–Crippen MR) is 49.9 cm³/mol. The lowest BCUT2D eigenvalue weighted by Crippen LogP contribution is -2.17. The monoisotopic (exact) mass is 200 g/mol. The zero-order valence-corrected chi connectivity index (χ0v) is 8.63. The van der Waals surface area contributed by atoms with Gasteiger partial charge in [0.1, 0.15) is 16.7 Å². The molecule has 4 nitrogen and oxygen atoms in total. The summed E-state index contributed by atoms with van der Waals surface area (Å²) >= 11 is 1.17. The molecule has 0 aliphatic rings. The van der Waals surface area contributed by atoms with Gasteiger partial charge in [-0.1, -0.05) is 13.8 Å². The topological polar surface area (TPSA) is 63.1 Å². The van der Waals surface area contributed by atoms with Crippen molar-refractivity contribution < 1.29 is 9.90 Å². The molecule has 13 heavy (non-hydrogen) atoms. The first-order valence-corrected chi connectivity index (χ1v) is 4.82. The standard InChI is InChI=1S/C8H12N2O2S/c1-4(2)6(8(11)12)7-9-5(3)10-13-7/h4,6H,1-3H3,(H,11,12). The quantitative estimate of drug-likeness (QED) is 0.806. The van der Waals surface area contributed by atoms with E-state index >= 15 is 0 Å². The minimum absolute atomic E-state index is 0.0462. The third-order valence-corrected chi connectivity index (χ3v) is 2.63. The summed E-state index contributed by atoms with van der Waals surface area (Å²) in [5.74, 6) is -0.658. The Morgan fingerprint density at radius 3 is 2.46 bits per heavy atom. The molecule has 1 aromatic heterocycles. The average molecular weight is 200 g/mol. The van der Waals surface area contributed by atoms with Gasteiger partial charge in [-0.15, -0.1) is 0 Å². The SMILES string of the molecule is Cc1nsc(C(C(=O)O)C(C)C)n1. The molecule has 0 aliphatic carbocycles. The van der Waals surface area contributed by atoms with Gasteiger partial charge in [-0.05, 0) is 24.4 Å². The van der Waals surface area contributed by atoms with E-state index in [9.17, 15) is 4.79 Å². The molecule has 0 radical (unpaired) electrons. The van der Waals surface area contributed by atoms with E-state index in [4.69, 9.17) is 5.11 Å². The van der Waals surface area contributed by atoms with Gasteiger partial charge < -0.3 is 5.11 Å². The molecule has 0 saturated heterocycles. The number of aliphatic carboxylic acids is 1. The maximum atomic E-state index is 10.9. The Morgan fingerprint density at radius 2 is 2.15 bits per heavy atom. The number of carboxylic acid groups (broad SMARTS) is 1. The van der Waals surface area contributed by atoms with E-state index in [1.807, 2.05) is 13.8 Å². The lowest BCUT2D eigenvalue weighted by molar-refractivity contribution is -0.139. The van der Waals surface area contributed by atoms with E-state index < -0.39 is 11.9 Å². The summed E-state index contributed by atoms with van der Waals surface area (Å²) in [5, 5.41) is 9.54. The van der Waals surface area contributed by atoms with Crippen LogP contribution in [0.1, 0.15) is 30.6 Å². The van der Waals surface area contributed by atoms with Crippen molar-refractivity contribution in [1.29, 1.82) is 0 Å². The van der Waals surface area contributed by atoms with Crippen molar-refractivity contribution in [3.05, 3.63) is 10.8 Å². The van der Waals surface area contributed by atoms with Crippen LogP contribution in [-0.4, -0.2) is 20.4 Å². The zero-order valence-electron chi connectivity index (χ0n) is 7.81. The highest BCUT2D eigenvalue weighted by Gasteiger charge is 2.26. The molecule has 0 aromatic carbocycles. The van der Waals surface area contributed by atoms with Crippen LogP contribution < -0.4 is 0 Å². The largest absolute Gasteiger partial charge is 0.481 e. The van der Waals surface area contributed by atoms with Gasteiger partial charge in [0.2, 0.25) is 0 Å². The second-order valence-corrected chi connectivity index (χ2v) is 4.02. The first-order chi connectivity index (χ1) is 6.02. The predicted octanol–water partition coefficient (Wildman–Crippen LogP) is 1.67. The summed E-state index contributed by atoms with van der Waals surface area (Å²) in [6, 6.07) is 0. The molecule has 0 saturated carbocycles. The molecule has 5 heteroatoms. The van der Waals surface area contributed by atoms with Crippen LogP contribution >= 0.6 is 11.5 Å². The second kappa shape index (κ2) is 3.83. The van der Waals surface area contributed by atoms with E-state index in [-0.39, 0.29) is 5.92 Å². The third-order valence-electron chi connectivity index (χ3n) is 1.74. The van der Waals surface area contributed by atoms with Gasteiger partial charge >= 0.3 is 5.97 Å². The Balaban J connectivity index is 2.95. The Labute approximate surface area is 80.8 Å². The van der Waals surface area contributed by atoms with Crippen molar-refractivity contribution in [2.75, 3.05) is 0 Å². The number of hydrogen-bond donors (Lipinski definition) is 1. The number of aromatic nitrogens is 2. The fourth-order valence-corrected chi connectivity index (χ4v) is 2.04. The minimum Gasteiger partial charge on any atom is -0.481 e. The Bertz CT molecular complexity index is 309. The van der Waals surface area contributed by atoms with Crippen molar-refractivity contribution in [3.8, 4) is 0 Å². The number of nitrogens with zero attached hydrogens (tertiary/aromatic N) is 2. The molecule has 0 bridgehead atoms. The molecule has 72 valence electrons. The Kier molecular flexibility index (Phi) is 2.98. The molecule has 1 rings (SSSR count). The van der Waals surface area contributed by atoms with E-state index in [1.165, 1.54) is 11.5 Å². The van der Waals surface area contributed by atoms with Gasteiger partial charge in [-0.3, -0.25) is 4.79 Å². The number of rotatable bonds is 3. The Hall–Kier alpha value is -0.970. The van der Waals surface area contributed by atoms with Gasteiger partial charge in [-0.25, -0.2) is 4.98 Å². The molecule has 1 atom stereocenters. The summed E-state index contributed by atoms with van der Waals surface area (Å²) < 4.78 is 3.97. The second-order valence-electron chi connectivity index (χ2n) is 3.24. The van der Waals surface area contributed by atoms with Crippen LogP contribution in [0, 0.1) is 12.8 Å². The van der Waals surface area contributed by atoms with Gasteiger partial charge in [0.25, 0.3) is 0 Å². The lowest BCUT2D eigenvalue weighted by atomic mass is 9.97. The van der Waals surface area contributed by atoms with Crippen LogP contribution in [0.25, 0.3) is 0 Å². The molecule has 1 unspecified atom stereocenters. The van der Waals surface area contributed by atoms with Crippen LogP contribution in [0.5, 0.6) is 0 Å². The molecular weight excluding hydrogens is 188 g/mol. The number of carbonyl (C=O) groups is 1. The first-order valence-electron chi connectivity index (χ1n) is 4.05. The molecular formula is C8H12N2O2S. The molecule has 1 N–H and O–H groups in total. The van der Waals surface area contributed by atoms with Gasteiger partial charge in [0.15, 0.2) is 0 Å². The molecule has 0 amide bonds. The molecule has 0 fully saturated rings. The fourth-order valence-electron chi connectivity index (χ4n) is 1.12. The van der Waals surface area contributed by atoms with Crippen molar-refractivity contribution in [2.24, 2.45) is 5.92 Å². The van der Waals surface area contributed by atoms with Gasteiger partial charge in [0.05, 0.1) is 0 Å². The summed E-state index contributed by atoms with van der Waals surface area (Å²) in [6.07, 6.45) is 0. The van der Waals surface area contributed by atoms with E-state index in [0.717, 1.165) is 0 Å². The summed E-state index contributed by atoms with van der Waals surface area (Å²) in [7, 11) is 0. The van der Waals surface area contributed by atoms with Gasteiger partial charge in [0, 0.05) is 0 Å². The van der Waals surface area contributed by atoms with Crippen molar-refractivity contribution in [1.82, 2.24) is 9.36 Å². The summed E-state index contributed by atoms with van der Waals surface area (Å²) in [4.78, 5) is 15.0. The highest BCUT2D eigenvalue weighted by atomic mass is 32.1. The maximum absolute atomic E-state index is 10.9. The average Bonchev–Trinajstić information content (AvgIpc) is 2.34. The zero-order chi connectivity index (χ0) is 10.0. The maximum Gasteiger partial charge on any atom is 0.313 e. The summed E-state index contributed by atoms with van der Waals surface area (Å²) in [6.45, 7) is 5.50. The third kappa shape index (κ3) is 2.24. The smallest absolute Gasteiger partial charge is 0.313 e. The molecule has 0 aliphatic heterocycles. The van der Waals surface area contributed by atoms with Crippen LogP contribution in [0.15, 0.2) is 0 Å². The molecule has 1 aromatic rings. The molecule has 1 heterocycles. The lowest BCUT2D eigenvalue weighted by Gasteiger charge is -2.11. The normalized spacial score (nSPS) is 13.2. The highest BCUT2D eigenvalue weighted by Crippen LogP contribution is 2.25. The Morgan fingerprint density at radius 1 is 1.54 bits per heavy atom. The van der Waals surface area contributed by atoms with Gasteiger partial charge in [-0.2, -0.15) is 4.37 Å². The van der Waals surface area contributed by atoms with Crippen molar-refractivity contribution in [3.63, 3.8) is 0 Å². The first kappa shape index (κ1) is 10.1. The van der Waals surface area contributed by atoms with Crippen LogP contribution in [0.4, 0.5) is 0 Å². The van der Waals surface area contributed by atoms with Crippen molar-refractivity contribution >= 4 is 17.5 Å². The molecule has 0 spiro atoms. The van der Waals surface area contributed by atoms with Crippen molar-refractivity contribution in [2.45, 2.75) is 26.7 Å². The fraction of sp³-hybridized carbons (Fsp3) is 0.625. The van der Waals surface area contributed by atoms with Crippen LogP contribution in [0.3, 0.4) is 0 Å².